The lowest BCUT2D eigenvalue weighted by Gasteiger charge is -2.12. The van der Waals surface area contributed by atoms with Crippen LogP contribution in [-0.2, 0) is 6.18 Å². The van der Waals surface area contributed by atoms with E-state index in [0.29, 0.717) is 12.0 Å². The van der Waals surface area contributed by atoms with Crippen LogP contribution >= 0.6 is 0 Å². The molecule has 0 amide bonds. The zero-order valence-electron chi connectivity index (χ0n) is 7.96. The van der Waals surface area contributed by atoms with Gasteiger partial charge in [-0.05, 0) is 24.1 Å². The number of halogens is 3. The number of aliphatic hydroxyl groups excluding tert-OH is 1. The quantitative estimate of drug-likeness (QED) is 0.817. The minimum Gasteiger partial charge on any atom is -0.396 e. The number of aliphatic hydroxyl groups is 1. The summed E-state index contributed by atoms with van der Waals surface area (Å²) in [6.07, 6.45) is -3.98. The van der Waals surface area contributed by atoms with Gasteiger partial charge in [0.2, 0.25) is 0 Å². The summed E-state index contributed by atoms with van der Waals surface area (Å²) in [4.78, 5) is 0. The second kappa shape index (κ2) is 4.63. The second-order valence-electron chi connectivity index (χ2n) is 3.24. The van der Waals surface area contributed by atoms with Crippen LogP contribution in [0.3, 0.4) is 0 Å². The number of hydrogen-bond acceptors (Lipinski definition) is 2. The molecular weight excluding hydrogens is 207 g/mol. The fourth-order valence-corrected chi connectivity index (χ4v) is 1.23. The Bertz CT molecular complexity index is 307. The van der Waals surface area contributed by atoms with Crippen molar-refractivity contribution in [2.75, 3.05) is 6.61 Å². The molecule has 1 rings (SSSR count). The molecule has 0 bridgehead atoms. The topological polar surface area (TPSA) is 46.2 Å². The Morgan fingerprint density at radius 1 is 1.20 bits per heavy atom. The molecule has 3 N–H and O–H groups in total. The van der Waals surface area contributed by atoms with Crippen molar-refractivity contribution in [2.24, 2.45) is 5.73 Å². The van der Waals surface area contributed by atoms with Crippen molar-refractivity contribution in [1.29, 1.82) is 0 Å². The average molecular weight is 219 g/mol. The number of benzene rings is 1. The van der Waals surface area contributed by atoms with Gasteiger partial charge in [0.1, 0.15) is 0 Å². The van der Waals surface area contributed by atoms with Gasteiger partial charge in [0, 0.05) is 12.6 Å². The van der Waals surface area contributed by atoms with Crippen LogP contribution in [0.4, 0.5) is 13.2 Å². The van der Waals surface area contributed by atoms with Gasteiger partial charge in [-0.1, -0.05) is 12.1 Å². The highest BCUT2D eigenvalue weighted by atomic mass is 19.4. The zero-order valence-corrected chi connectivity index (χ0v) is 7.96. The van der Waals surface area contributed by atoms with E-state index in [0.717, 1.165) is 12.1 Å². The Labute approximate surface area is 85.5 Å². The number of nitrogens with two attached hydrogens (primary N) is 1. The van der Waals surface area contributed by atoms with Crippen LogP contribution in [0.1, 0.15) is 23.6 Å². The third kappa shape index (κ3) is 3.21. The Morgan fingerprint density at radius 2 is 1.73 bits per heavy atom. The van der Waals surface area contributed by atoms with Gasteiger partial charge in [0.15, 0.2) is 0 Å². The first-order valence-corrected chi connectivity index (χ1v) is 4.48. The van der Waals surface area contributed by atoms with E-state index in [2.05, 4.69) is 0 Å². The maximum atomic E-state index is 12.2. The van der Waals surface area contributed by atoms with Crippen LogP contribution in [0.25, 0.3) is 0 Å². The van der Waals surface area contributed by atoms with E-state index in [9.17, 15) is 13.2 Å². The van der Waals surface area contributed by atoms with E-state index < -0.39 is 17.8 Å². The third-order valence-electron chi connectivity index (χ3n) is 2.11. The van der Waals surface area contributed by atoms with E-state index in [-0.39, 0.29) is 6.61 Å². The molecule has 0 radical (unpaired) electrons. The zero-order chi connectivity index (χ0) is 11.5. The van der Waals surface area contributed by atoms with Gasteiger partial charge in [-0.15, -0.1) is 0 Å². The Morgan fingerprint density at radius 3 is 2.13 bits per heavy atom. The van der Waals surface area contributed by atoms with Crippen molar-refractivity contribution in [2.45, 2.75) is 18.6 Å². The molecule has 0 unspecified atom stereocenters. The van der Waals surface area contributed by atoms with E-state index in [1.807, 2.05) is 0 Å². The maximum Gasteiger partial charge on any atom is 0.416 e. The molecule has 0 aromatic heterocycles. The van der Waals surface area contributed by atoms with Crippen LogP contribution in [0.5, 0.6) is 0 Å². The summed E-state index contributed by atoms with van der Waals surface area (Å²) in [6, 6.07) is 4.24. The van der Waals surface area contributed by atoms with Crippen molar-refractivity contribution in [1.82, 2.24) is 0 Å². The minimum absolute atomic E-state index is 0.0812. The van der Waals surface area contributed by atoms with Crippen LogP contribution in [0, 0.1) is 0 Å². The molecule has 1 atom stereocenters. The standard InChI is InChI=1S/C10H12F3NO/c11-10(12,13)8-3-1-7(2-4-8)9(14)5-6-15/h1-4,9,15H,5-6,14H2/t9-/m0/s1. The predicted molar refractivity (Wildman–Crippen MR) is 50.1 cm³/mol. The largest absolute Gasteiger partial charge is 0.416 e. The van der Waals surface area contributed by atoms with Crippen molar-refractivity contribution in [3.8, 4) is 0 Å². The lowest BCUT2D eigenvalue weighted by molar-refractivity contribution is -0.137. The Kier molecular flexibility index (Phi) is 3.71. The number of rotatable bonds is 3. The van der Waals surface area contributed by atoms with Gasteiger partial charge in [-0.2, -0.15) is 13.2 Å². The lowest BCUT2D eigenvalue weighted by atomic mass is 10.0. The Hall–Kier alpha value is -1.07. The predicted octanol–water partition coefficient (Wildman–Crippen LogP) is 2.09. The molecule has 1 aromatic rings. The molecule has 0 aliphatic carbocycles. The molecule has 2 nitrogen and oxygen atoms in total. The van der Waals surface area contributed by atoms with Crippen LogP contribution in [0.2, 0.25) is 0 Å². The van der Waals surface area contributed by atoms with Crippen LogP contribution in [-0.4, -0.2) is 11.7 Å². The van der Waals surface area contributed by atoms with E-state index in [4.69, 9.17) is 10.8 Å². The third-order valence-corrected chi connectivity index (χ3v) is 2.11. The minimum atomic E-state index is -4.32. The summed E-state index contributed by atoms with van der Waals surface area (Å²) < 4.78 is 36.6. The highest BCUT2D eigenvalue weighted by Gasteiger charge is 2.30. The van der Waals surface area contributed by atoms with E-state index >= 15 is 0 Å². The molecule has 0 saturated heterocycles. The first-order chi connectivity index (χ1) is 6.95. The molecule has 0 aliphatic heterocycles. The van der Waals surface area contributed by atoms with E-state index in [1.54, 1.807) is 0 Å². The molecule has 84 valence electrons. The molecule has 0 heterocycles. The highest BCUT2D eigenvalue weighted by Crippen LogP contribution is 2.29. The summed E-state index contributed by atoms with van der Waals surface area (Å²) in [7, 11) is 0. The molecule has 15 heavy (non-hydrogen) atoms. The number of alkyl halides is 3. The average Bonchev–Trinajstić information content (AvgIpc) is 2.17. The second-order valence-corrected chi connectivity index (χ2v) is 3.24. The van der Waals surface area contributed by atoms with Gasteiger partial charge in [-0.3, -0.25) is 0 Å². The van der Waals surface area contributed by atoms with Crippen molar-refractivity contribution < 1.29 is 18.3 Å². The lowest BCUT2D eigenvalue weighted by Crippen LogP contribution is -2.12. The first kappa shape index (κ1) is 12.0. The number of hydrogen-bond donors (Lipinski definition) is 2. The summed E-state index contributed by atoms with van der Waals surface area (Å²) in [5, 5.41) is 8.62. The van der Waals surface area contributed by atoms with Crippen molar-refractivity contribution in [3.63, 3.8) is 0 Å². The van der Waals surface area contributed by atoms with Gasteiger partial charge in [-0.25, -0.2) is 0 Å². The molecule has 0 fully saturated rings. The fourth-order valence-electron chi connectivity index (χ4n) is 1.23. The highest BCUT2D eigenvalue weighted by molar-refractivity contribution is 5.26. The van der Waals surface area contributed by atoms with Gasteiger partial charge in [0.05, 0.1) is 5.56 Å². The summed E-state index contributed by atoms with van der Waals surface area (Å²) in [5.41, 5.74) is 5.53. The molecule has 1 aromatic carbocycles. The van der Waals surface area contributed by atoms with Crippen LogP contribution < -0.4 is 5.73 Å². The van der Waals surface area contributed by atoms with Gasteiger partial charge < -0.3 is 10.8 Å². The molecule has 0 saturated carbocycles. The first-order valence-electron chi connectivity index (χ1n) is 4.48. The van der Waals surface area contributed by atoms with Crippen LogP contribution in [0.15, 0.2) is 24.3 Å². The monoisotopic (exact) mass is 219 g/mol. The molecule has 0 aliphatic rings. The van der Waals surface area contributed by atoms with E-state index in [1.165, 1.54) is 12.1 Å². The van der Waals surface area contributed by atoms with Crippen molar-refractivity contribution >= 4 is 0 Å². The fraction of sp³-hybridized carbons (Fsp3) is 0.400. The molecular formula is C10H12F3NO. The normalized spacial score (nSPS) is 13.9. The molecule has 0 spiro atoms. The van der Waals surface area contributed by atoms with Gasteiger partial charge >= 0.3 is 6.18 Å². The maximum absolute atomic E-state index is 12.2. The van der Waals surface area contributed by atoms with Crippen molar-refractivity contribution in [3.05, 3.63) is 35.4 Å². The molecule has 5 heteroatoms. The smallest absolute Gasteiger partial charge is 0.396 e. The summed E-state index contributed by atoms with van der Waals surface area (Å²) >= 11 is 0. The summed E-state index contributed by atoms with van der Waals surface area (Å²) in [6.45, 7) is -0.0812. The summed E-state index contributed by atoms with van der Waals surface area (Å²) in [5.74, 6) is 0. The van der Waals surface area contributed by atoms with Gasteiger partial charge in [0.25, 0.3) is 0 Å². The Balaban J connectivity index is 2.81. The SMILES string of the molecule is N[C@@H](CCO)c1ccc(C(F)(F)F)cc1.